The van der Waals surface area contributed by atoms with Gasteiger partial charge >= 0.3 is 0 Å². The van der Waals surface area contributed by atoms with Gasteiger partial charge in [0, 0.05) is 5.56 Å². The van der Waals surface area contributed by atoms with Gasteiger partial charge in [0.2, 0.25) is 5.91 Å². The second-order valence-electron chi connectivity index (χ2n) is 5.39. The van der Waals surface area contributed by atoms with Crippen LogP contribution in [0.15, 0.2) is 35.2 Å². The van der Waals surface area contributed by atoms with Crippen LogP contribution in [-0.2, 0) is 10.0 Å². The minimum Gasteiger partial charge on any atom is -0.366 e. The molecule has 2 rings (SSSR count). The molecule has 0 bridgehead atoms. The molecule has 2 aromatic carbocycles. The summed E-state index contributed by atoms with van der Waals surface area (Å²) in [7, 11) is -3.84. The molecule has 0 saturated heterocycles. The molecule has 7 heteroatoms. The third-order valence-electron chi connectivity index (χ3n) is 3.37. The van der Waals surface area contributed by atoms with E-state index in [0.717, 1.165) is 5.56 Å². The fourth-order valence-corrected chi connectivity index (χ4v) is 4.29. The van der Waals surface area contributed by atoms with Crippen molar-refractivity contribution in [3.05, 3.63) is 57.6 Å². The second kappa shape index (κ2) is 6.22. The van der Waals surface area contributed by atoms with Gasteiger partial charge < -0.3 is 5.73 Å². The Labute approximate surface area is 140 Å². The molecule has 0 aliphatic carbocycles. The number of amides is 1. The van der Waals surface area contributed by atoms with E-state index < -0.39 is 15.9 Å². The van der Waals surface area contributed by atoms with Gasteiger partial charge in [-0.05, 0) is 50.1 Å². The predicted molar refractivity (Wildman–Crippen MR) is 91.4 cm³/mol. The lowest BCUT2D eigenvalue weighted by molar-refractivity contribution is 0.100. The summed E-state index contributed by atoms with van der Waals surface area (Å²) < 4.78 is 27.8. The maximum absolute atomic E-state index is 12.7. The summed E-state index contributed by atoms with van der Waals surface area (Å²) >= 11 is 6.02. The highest BCUT2D eigenvalue weighted by atomic mass is 35.5. The van der Waals surface area contributed by atoms with Crippen LogP contribution in [-0.4, -0.2) is 14.3 Å². The van der Waals surface area contributed by atoms with Crippen molar-refractivity contribution in [2.75, 3.05) is 4.72 Å². The maximum Gasteiger partial charge on any atom is 0.262 e. The number of carbonyl (C=O) groups is 1. The highest BCUT2D eigenvalue weighted by Gasteiger charge is 2.21. The molecular weight excluding hydrogens is 336 g/mol. The Balaban J connectivity index is 2.52. The fraction of sp³-hybridized carbons (Fsp3) is 0.188. The van der Waals surface area contributed by atoms with E-state index in [2.05, 4.69) is 4.72 Å². The monoisotopic (exact) mass is 352 g/mol. The number of rotatable bonds is 4. The molecule has 0 aromatic heterocycles. The van der Waals surface area contributed by atoms with Crippen LogP contribution in [0.25, 0.3) is 0 Å². The largest absolute Gasteiger partial charge is 0.366 e. The second-order valence-corrected chi connectivity index (χ2v) is 7.42. The molecule has 0 saturated carbocycles. The van der Waals surface area contributed by atoms with Crippen molar-refractivity contribution >= 4 is 33.2 Å². The van der Waals surface area contributed by atoms with Crippen molar-refractivity contribution in [2.45, 2.75) is 25.7 Å². The molecule has 1 amide bonds. The van der Waals surface area contributed by atoms with E-state index in [0.29, 0.717) is 11.1 Å². The third kappa shape index (κ3) is 3.65. The van der Waals surface area contributed by atoms with E-state index in [1.165, 1.54) is 18.2 Å². The molecule has 0 atom stereocenters. The summed E-state index contributed by atoms with van der Waals surface area (Å²) in [6.45, 7) is 5.36. The zero-order valence-corrected chi connectivity index (χ0v) is 14.5. The lowest BCUT2D eigenvalue weighted by atomic mass is 10.1. The summed E-state index contributed by atoms with van der Waals surface area (Å²) in [5, 5.41) is 0.181. The van der Waals surface area contributed by atoms with Crippen molar-refractivity contribution in [1.82, 2.24) is 0 Å². The minimum atomic E-state index is -3.84. The first kappa shape index (κ1) is 17.3. The van der Waals surface area contributed by atoms with Crippen LogP contribution < -0.4 is 10.5 Å². The molecule has 0 aliphatic rings. The Bertz CT molecular complexity index is 869. The molecular formula is C16H17ClN2O3S. The molecule has 0 spiro atoms. The van der Waals surface area contributed by atoms with Gasteiger partial charge in [0.25, 0.3) is 10.0 Å². The summed E-state index contributed by atoms with van der Waals surface area (Å²) in [4.78, 5) is 11.4. The molecule has 2 aromatic rings. The van der Waals surface area contributed by atoms with Crippen LogP contribution in [0.5, 0.6) is 0 Å². The maximum atomic E-state index is 12.7. The van der Waals surface area contributed by atoms with Gasteiger partial charge in [-0.2, -0.15) is 0 Å². The van der Waals surface area contributed by atoms with Crippen LogP contribution in [0, 0.1) is 20.8 Å². The first-order chi connectivity index (χ1) is 10.6. The van der Waals surface area contributed by atoms with Crippen molar-refractivity contribution in [3.8, 4) is 0 Å². The Kier molecular flexibility index (Phi) is 4.68. The molecule has 0 radical (unpaired) electrons. The SMILES string of the molecule is Cc1cc(C)c(S(=O)(=O)Nc2cc(C(N)=O)ccc2Cl)c(C)c1. The van der Waals surface area contributed by atoms with Crippen LogP contribution in [0.3, 0.4) is 0 Å². The van der Waals surface area contributed by atoms with E-state index in [4.69, 9.17) is 17.3 Å². The first-order valence-corrected chi connectivity index (χ1v) is 8.68. The summed E-state index contributed by atoms with van der Waals surface area (Å²) in [5.41, 5.74) is 7.75. The van der Waals surface area contributed by atoms with Crippen LogP contribution in [0.1, 0.15) is 27.0 Å². The summed E-state index contributed by atoms with van der Waals surface area (Å²) in [6.07, 6.45) is 0. The van der Waals surface area contributed by atoms with E-state index in [-0.39, 0.29) is 21.2 Å². The summed E-state index contributed by atoms with van der Waals surface area (Å²) in [6, 6.07) is 7.77. The topological polar surface area (TPSA) is 89.3 Å². The Hall–Kier alpha value is -2.05. The molecule has 0 aliphatic heterocycles. The average molecular weight is 353 g/mol. The Morgan fingerprint density at radius 2 is 1.65 bits per heavy atom. The molecule has 0 unspecified atom stereocenters. The van der Waals surface area contributed by atoms with E-state index in [1.54, 1.807) is 26.0 Å². The van der Waals surface area contributed by atoms with Crippen LogP contribution in [0.2, 0.25) is 5.02 Å². The molecule has 23 heavy (non-hydrogen) atoms. The normalized spacial score (nSPS) is 11.3. The number of aryl methyl sites for hydroxylation is 3. The van der Waals surface area contributed by atoms with Crippen LogP contribution in [0.4, 0.5) is 5.69 Å². The number of halogens is 1. The number of carbonyl (C=O) groups excluding carboxylic acids is 1. The fourth-order valence-electron chi connectivity index (χ4n) is 2.54. The predicted octanol–water partition coefficient (Wildman–Crippen LogP) is 3.16. The van der Waals surface area contributed by atoms with Crippen molar-refractivity contribution in [3.63, 3.8) is 0 Å². The van der Waals surface area contributed by atoms with Gasteiger partial charge in [-0.1, -0.05) is 29.3 Å². The number of nitrogens with two attached hydrogens (primary N) is 1. The van der Waals surface area contributed by atoms with Gasteiger partial charge in [0.05, 0.1) is 15.6 Å². The number of hydrogen-bond donors (Lipinski definition) is 2. The van der Waals surface area contributed by atoms with Gasteiger partial charge in [0.15, 0.2) is 0 Å². The van der Waals surface area contributed by atoms with Gasteiger partial charge in [-0.3, -0.25) is 9.52 Å². The lowest BCUT2D eigenvalue weighted by Crippen LogP contribution is -2.17. The van der Waals surface area contributed by atoms with Crippen LogP contribution >= 0.6 is 11.6 Å². The Morgan fingerprint density at radius 3 is 2.17 bits per heavy atom. The van der Waals surface area contributed by atoms with E-state index in [1.807, 2.05) is 6.92 Å². The lowest BCUT2D eigenvalue weighted by Gasteiger charge is -2.15. The van der Waals surface area contributed by atoms with E-state index >= 15 is 0 Å². The summed E-state index contributed by atoms with van der Waals surface area (Å²) in [5.74, 6) is -0.662. The number of benzene rings is 2. The zero-order valence-electron chi connectivity index (χ0n) is 13.0. The van der Waals surface area contributed by atoms with E-state index in [9.17, 15) is 13.2 Å². The smallest absolute Gasteiger partial charge is 0.262 e. The Morgan fingerprint density at radius 1 is 1.09 bits per heavy atom. The molecule has 5 nitrogen and oxygen atoms in total. The minimum absolute atomic E-state index is 0.113. The molecule has 0 fully saturated rings. The quantitative estimate of drug-likeness (QED) is 0.885. The highest BCUT2D eigenvalue weighted by molar-refractivity contribution is 7.92. The standard InChI is InChI=1S/C16H17ClN2O3S/c1-9-6-10(2)15(11(3)7-9)23(21,22)19-14-8-12(16(18)20)4-5-13(14)17/h4-8,19H,1-3H3,(H2,18,20). The van der Waals surface area contributed by atoms with Gasteiger partial charge in [0.1, 0.15) is 0 Å². The van der Waals surface area contributed by atoms with Crippen molar-refractivity contribution in [1.29, 1.82) is 0 Å². The molecule has 3 N–H and O–H groups in total. The molecule has 122 valence electrons. The van der Waals surface area contributed by atoms with Crippen molar-refractivity contribution < 1.29 is 13.2 Å². The average Bonchev–Trinajstić information content (AvgIpc) is 2.39. The number of anilines is 1. The van der Waals surface area contributed by atoms with Gasteiger partial charge in [-0.15, -0.1) is 0 Å². The third-order valence-corrected chi connectivity index (χ3v) is 5.37. The zero-order chi connectivity index (χ0) is 17.4. The van der Waals surface area contributed by atoms with Gasteiger partial charge in [-0.25, -0.2) is 8.42 Å². The first-order valence-electron chi connectivity index (χ1n) is 6.82. The van der Waals surface area contributed by atoms with Crippen molar-refractivity contribution in [2.24, 2.45) is 5.73 Å². The highest BCUT2D eigenvalue weighted by Crippen LogP contribution is 2.28. The number of nitrogens with one attached hydrogen (secondary N) is 1. The number of hydrogen-bond acceptors (Lipinski definition) is 3. The number of sulfonamides is 1. The molecule has 0 heterocycles. The number of primary amides is 1.